The van der Waals surface area contributed by atoms with Crippen molar-refractivity contribution >= 4 is 36.5 Å². The third-order valence-corrected chi connectivity index (χ3v) is 5.83. The number of aryl methyl sites for hydroxylation is 1. The molecule has 2 atom stereocenters. The van der Waals surface area contributed by atoms with E-state index >= 15 is 0 Å². The number of methoxy groups -OCH3 is 1. The van der Waals surface area contributed by atoms with Gasteiger partial charge in [0.1, 0.15) is 24.2 Å². The van der Waals surface area contributed by atoms with Gasteiger partial charge in [-0.15, -0.1) is 0 Å². The zero-order valence-corrected chi connectivity index (χ0v) is 22.8. The molecular formula is C25H39N3O6S. The summed E-state index contributed by atoms with van der Waals surface area (Å²) >= 11 is 4.28. The number of alkyl carbamates (subject to hydrolysis) is 1. The van der Waals surface area contributed by atoms with Crippen LogP contribution >= 0.6 is 12.6 Å². The Hall–Kier alpha value is -2.75. The first kappa shape index (κ1) is 30.3. The molecule has 2 unspecified atom stereocenters. The van der Waals surface area contributed by atoms with Crippen molar-refractivity contribution < 1.29 is 28.7 Å². The van der Waals surface area contributed by atoms with Crippen molar-refractivity contribution in [3.05, 3.63) is 35.4 Å². The lowest BCUT2D eigenvalue weighted by atomic mass is 9.92. The molecule has 35 heavy (non-hydrogen) atoms. The van der Waals surface area contributed by atoms with E-state index in [0.29, 0.717) is 12.0 Å². The molecule has 10 heteroatoms. The maximum absolute atomic E-state index is 13.9. The molecule has 0 saturated carbocycles. The second kappa shape index (κ2) is 12.8. The van der Waals surface area contributed by atoms with Crippen molar-refractivity contribution in [2.75, 3.05) is 19.4 Å². The molecule has 0 spiro atoms. The molecule has 2 N–H and O–H groups in total. The van der Waals surface area contributed by atoms with Crippen LogP contribution in [0.5, 0.6) is 0 Å². The Labute approximate surface area is 213 Å². The fourth-order valence-corrected chi connectivity index (χ4v) is 3.49. The molecule has 196 valence electrons. The summed E-state index contributed by atoms with van der Waals surface area (Å²) < 4.78 is 9.94. The van der Waals surface area contributed by atoms with Crippen molar-refractivity contribution in [1.29, 1.82) is 0 Å². The first-order chi connectivity index (χ1) is 16.2. The zero-order valence-electron chi connectivity index (χ0n) is 21.9. The van der Waals surface area contributed by atoms with Gasteiger partial charge in [-0.25, -0.2) is 4.79 Å². The van der Waals surface area contributed by atoms with Crippen molar-refractivity contribution in [2.24, 2.45) is 0 Å². The molecule has 0 aromatic heterocycles. The third-order valence-electron chi connectivity index (χ3n) is 5.46. The largest absolute Gasteiger partial charge is 0.468 e. The number of benzene rings is 1. The first-order valence-corrected chi connectivity index (χ1v) is 12.1. The van der Waals surface area contributed by atoms with E-state index in [9.17, 15) is 19.2 Å². The van der Waals surface area contributed by atoms with Crippen LogP contribution in [0.25, 0.3) is 0 Å². The molecule has 0 heterocycles. The highest BCUT2D eigenvalue weighted by Gasteiger charge is 2.42. The van der Waals surface area contributed by atoms with Gasteiger partial charge in [-0.1, -0.05) is 36.8 Å². The Morgan fingerprint density at radius 3 is 2.09 bits per heavy atom. The summed E-state index contributed by atoms with van der Waals surface area (Å²) in [6.07, 6.45) is -0.252. The third kappa shape index (κ3) is 9.08. The summed E-state index contributed by atoms with van der Waals surface area (Å²) in [5.41, 5.74) is -0.0149. The number of thiol groups is 1. The molecular weight excluding hydrogens is 470 g/mol. The minimum Gasteiger partial charge on any atom is -0.468 e. The van der Waals surface area contributed by atoms with Crippen LogP contribution in [0.4, 0.5) is 4.79 Å². The van der Waals surface area contributed by atoms with Crippen LogP contribution in [0, 0.1) is 6.92 Å². The lowest BCUT2D eigenvalue weighted by molar-refractivity contribution is -0.149. The molecule has 9 nitrogen and oxygen atoms in total. The van der Waals surface area contributed by atoms with Gasteiger partial charge >= 0.3 is 12.1 Å². The average Bonchev–Trinajstić information content (AvgIpc) is 2.78. The molecule has 0 aliphatic carbocycles. The smallest absolute Gasteiger partial charge is 0.408 e. The summed E-state index contributed by atoms with van der Waals surface area (Å²) in [7, 11) is 1.22. The fraction of sp³-hybridized carbons (Fsp3) is 0.600. The molecule has 1 aromatic rings. The van der Waals surface area contributed by atoms with Gasteiger partial charge in [-0.05, 0) is 53.5 Å². The van der Waals surface area contributed by atoms with E-state index in [4.69, 9.17) is 4.74 Å². The molecule has 1 aromatic carbocycles. The average molecular weight is 510 g/mol. The van der Waals surface area contributed by atoms with Crippen LogP contribution in [0.3, 0.4) is 0 Å². The number of amides is 3. The number of hydrogen-bond donors (Lipinski definition) is 3. The Morgan fingerprint density at radius 2 is 1.63 bits per heavy atom. The van der Waals surface area contributed by atoms with Crippen molar-refractivity contribution in [3.8, 4) is 0 Å². The van der Waals surface area contributed by atoms with E-state index < -0.39 is 47.1 Å². The van der Waals surface area contributed by atoms with Gasteiger partial charge in [0.2, 0.25) is 11.8 Å². The molecule has 0 saturated heterocycles. The molecule has 3 amide bonds. The van der Waals surface area contributed by atoms with Gasteiger partial charge < -0.3 is 25.0 Å². The highest BCUT2D eigenvalue weighted by molar-refractivity contribution is 7.80. The molecule has 0 fully saturated rings. The first-order valence-electron chi connectivity index (χ1n) is 11.5. The Bertz CT molecular complexity index is 895. The van der Waals surface area contributed by atoms with Crippen LogP contribution in [0.1, 0.15) is 65.1 Å². The molecule has 0 aliphatic heterocycles. The molecule has 1 rings (SSSR count). The highest BCUT2D eigenvalue weighted by Crippen LogP contribution is 2.32. The van der Waals surface area contributed by atoms with Crippen molar-refractivity contribution in [2.45, 2.75) is 78.1 Å². The van der Waals surface area contributed by atoms with Crippen LogP contribution in [-0.2, 0) is 23.9 Å². The van der Waals surface area contributed by atoms with Gasteiger partial charge in [0, 0.05) is 11.3 Å². The normalized spacial score (nSPS) is 13.3. The maximum atomic E-state index is 13.9. The van der Waals surface area contributed by atoms with Crippen LogP contribution in [-0.4, -0.2) is 65.4 Å². The van der Waals surface area contributed by atoms with Crippen LogP contribution in [0.15, 0.2) is 24.3 Å². The Morgan fingerprint density at radius 1 is 1.06 bits per heavy atom. The van der Waals surface area contributed by atoms with Gasteiger partial charge in [0.25, 0.3) is 0 Å². The quantitative estimate of drug-likeness (QED) is 0.330. The number of carbonyl (C=O) groups excluding carboxylic acids is 4. The number of ether oxygens (including phenoxy) is 2. The number of esters is 1. The molecule has 0 radical (unpaired) electrons. The second-order valence-corrected chi connectivity index (χ2v) is 10.2. The minimum atomic E-state index is -1.08. The number of hydrogen-bond acceptors (Lipinski definition) is 7. The summed E-state index contributed by atoms with van der Waals surface area (Å²) in [6, 6.07) is 5.08. The van der Waals surface area contributed by atoms with Gasteiger partial charge in [0.15, 0.2) is 0 Å². The van der Waals surface area contributed by atoms with E-state index in [-0.39, 0.29) is 12.3 Å². The summed E-state index contributed by atoms with van der Waals surface area (Å²) in [4.78, 5) is 52.9. The van der Waals surface area contributed by atoms with Gasteiger partial charge in [-0.2, -0.15) is 12.6 Å². The monoisotopic (exact) mass is 509 g/mol. The van der Waals surface area contributed by atoms with E-state index in [1.165, 1.54) is 12.0 Å². The minimum absolute atomic E-state index is 0.0151. The lowest BCUT2D eigenvalue weighted by Crippen LogP contribution is -2.60. The van der Waals surface area contributed by atoms with E-state index in [0.717, 1.165) is 5.56 Å². The predicted molar refractivity (Wildman–Crippen MR) is 137 cm³/mol. The standard InChI is InChI=1S/C25H39N3O6S/c1-9-25(6,7)28(22(31)18(15-35)27-23(32)34-24(3,4)5)20(17-12-10-16(2)11-13-17)21(30)26-14-19(29)33-8/h10-13,18,20,35H,9,14-15H2,1-8H3,(H,26,30)(H,27,32). The maximum Gasteiger partial charge on any atom is 0.408 e. The predicted octanol–water partition coefficient (Wildman–Crippen LogP) is 3.17. The number of carbonyl (C=O) groups is 4. The van der Waals surface area contributed by atoms with Gasteiger partial charge in [0.05, 0.1) is 7.11 Å². The molecule has 0 aliphatic rings. The summed E-state index contributed by atoms with van der Waals surface area (Å²) in [6.45, 7) is 12.3. The topological polar surface area (TPSA) is 114 Å². The molecule has 0 bridgehead atoms. The van der Waals surface area contributed by atoms with E-state index in [1.807, 2.05) is 39.8 Å². The van der Waals surface area contributed by atoms with Crippen molar-refractivity contribution in [1.82, 2.24) is 15.5 Å². The number of nitrogens with zero attached hydrogens (tertiary/aromatic N) is 1. The second-order valence-electron chi connectivity index (χ2n) is 9.86. The summed E-state index contributed by atoms with van der Waals surface area (Å²) in [5.74, 6) is -1.69. The zero-order chi connectivity index (χ0) is 27.0. The SMILES string of the molecule is CCC(C)(C)N(C(=O)C(CS)NC(=O)OC(C)(C)C)C(C(=O)NCC(=O)OC)c1ccc(C)cc1. The number of nitrogens with one attached hydrogen (secondary N) is 2. The Kier molecular flexibility index (Phi) is 11.1. The highest BCUT2D eigenvalue weighted by atomic mass is 32.1. The van der Waals surface area contributed by atoms with Crippen molar-refractivity contribution in [3.63, 3.8) is 0 Å². The summed E-state index contributed by atoms with van der Waals surface area (Å²) in [5, 5.41) is 5.15. The lowest BCUT2D eigenvalue weighted by Gasteiger charge is -2.44. The van der Waals surface area contributed by atoms with Crippen LogP contribution in [0.2, 0.25) is 0 Å². The van der Waals surface area contributed by atoms with E-state index in [1.54, 1.807) is 32.9 Å². The fourth-order valence-electron chi connectivity index (χ4n) is 3.24. The van der Waals surface area contributed by atoms with E-state index in [2.05, 4.69) is 28.0 Å². The van der Waals surface area contributed by atoms with Crippen LogP contribution < -0.4 is 10.6 Å². The Balaban J connectivity index is 3.50. The van der Waals surface area contributed by atoms with Gasteiger partial charge in [-0.3, -0.25) is 14.4 Å². The number of rotatable bonds is 10.